The summed E-state index contributed by atoms with van der Waals surface area (Å²) in [5.41, 5.74) is 0. The molecule has 5 nitrogen and oxygen atoms in total. The fraction of sp³-hybridized carbons (Fsp3) is 0.909. The molecule has 2 atom stereocenters. The van der Waals surface area contributed by atoms with Crippen LogP contribution in [-0.4, -0.2) is 62.8 Å². The van der Waals surface area contributed by atoms with E-state index in [2.05, 4.69) is 10.6 Å². The zero-order valence-corrected chi connectivity index (χ0v) is 9.87. The summed E-state index contributed by atoms with van der Waals surface area (Å²) in [5, 5.41) is 6.46. The Morgan fingerprint density at radius 2 is 2.44 bits per heavy atom. The van der Waals surface area contributed by atoms with Crippen molar-refractivity contribution in [1.29, 1.82) is 0 Å². The van der Waals surface area contributed by atoms with Gasteiger partial charge >= 0.3 is 0 Å². The van der Waals surface area contributed by atoms with E-state index < -0.39 is 0 Å². The van der Waals surface area contributed by atoms with E-state index in [-0.39, 0.29) is 11.9 Å². The lowest BCUT2D eigenvalue weighted by Crippen LogP contribution is -2.56. The highest BCUT2D eigenvalue weighted by Gasteiger charge is 2.29. The number of carbonyl (C=O) groups is 1. The fourth-order valence-electron chi connectivity index (χ4n) is 2.36. The number of hydrogen-bond acceptors (Lipinski definition) is 4. The number of carbonyl (C=O) groups excluding carboxylic acids is 1. The molecule has 2 unspecified atom stereocenters. The van der Waals surface area contributed by atoms with Gasteiger partial charge in [0.1, 0.15) is 6.04 Å². The standard InChI is InChI=1S/C11H21N3O2/c1-12-9-3-2-5-14(7-9)11(15)10-8-16-6-4-13-10/h9-10,12-13H,2-8H2,1H3. The van der Waals surface area contributed by atoms with E-state index in [4.69, 9.17) is 4.74 Å². The van der Waals surface area contributed by atoms with Crippen molar-refractivity contribution in [2.75, 3.05) is 39.9 Å². The second-order valence-electron chi connectivity index (χ2n) is 4.49. The average Bonchev–Trinajstić information content (AvgIpc) is 2.39. The number of amides is 1. The molecule has 16 heavy (non-hydrogen) atoms. The monoisotopic (exact) mass is 227 g/mol. The molecule has 2 heterocycles. The van der Waals surface area contributed by atoms with Crippen LogP contribution >= 0.6 is 0 Å². The number of hydrogen-bond donors (Lipinski definition) is 2. The maximum atomic E-state index is 12.2. The van der Waals surface area contributed by atoms with Gasteiger partial charge in [0.25, 0.3) is 0 Å². The topological polar surface area (TPSA) is 53.6 Å². The van der Waals surface area contributed by atoms with Crippen LogP contribution in [0.2, 0.25) is 0 Å². The van der Waals surface area contributed by atoms with Crippen molar-refractivity contribution in [2.24, 2.45) is 0 Å². The summed E-state index contributed by atoms with van der Waals surface area (Å²) < 4.78 is 5.32. The first-order valence-electron chi connectivity index (χ1n) is 6.08. The summed E-state index contributed by atoms with van der Waals surface area (Å²) in [5.74, 6) is 0.194. The van der Waals surface area contributed by atoms with Crippen LogP contribution in [0, 0.1) is 0 Å². The highest BCUT2D eigenvalue weighted by molar-refractivity contribution is 5.82. The van der Waals surface area contributed by atoms with Gasteiger partial charge in [-0.25, -0.2) is 0 Å². The van der Waals surface area contributed by atoms with E-state index in [9.17, 15) is 4.79 Å². The number of piperidine rings is 1. The zero-order chi connectivity index (χ0) is 11.4. The largest absolute Gasteiger partial charge is 0.378 e. The number of likely N-dealkylation sites (tertiary alicyclic amines) is 1. The van der Waals surface area contributed by atoms with Gasteiger partial charge in [0.2, 0.25) is 5.91 Å². The molecule has 0 saturated carbocycles. The molecule has 2 fully saturated rings. The number of rotatable bonds is 2. The third kappa shape index (κ3) is 2.72. The Kier molecular flexibility index (Phi) is 4.15. The maximum absolute atomic E-state index is 12.2. The van der Waals surface area contributed by atoms with Gasteiger partial charge in [-0.15, -0.1) is 0 Å². The molecule has 2 N–H and O–H groups in total. The molecule has 92 valence electrons. The van der Waals surface area contributed by atoms with Gasteiger partial charge in [-0.3, -0.25) is 4.79 Å². The molecule has 2 aliphatic rings. The van der Waals surface area contributed by atoms with Gasteiger partial charge in [-0.1, -0.05) is 0 Å². The molecule has 0 aromatic heterocycles. The fourth-order valence-corrected chi connectivity index (χ4v) is 2.36. The SMILES string of the molecule is CNC1CCCN(C(=O)C2COCCN2)C1. The Morgan fingerprint density at radius 1 is 1.56 bits per heavy atom. The molecule has 0 aromatic rings. The van der Waals surface area contributed by atoms with E-state index in [1.54, 1.807) is 0 Å². The Morgan fingerprint density at radius 3 is 3.12 bits per heavy atom. The Balaban J connectivity index is 1.87. The van der Waals surface area contributed by atoms with Crippen LogP contribution in [0.5, 0.6) is 0 Å². The highest BCUT2D eigenvalue weighted by atomic mass is 16.5. The van der Waals surface area contributed by atoms with E-state index in [0.717, 1.165) is 32.5 Å². The third-order valence-corrected chi connectivity index (χ3v) is 3.36. The summed E-state index contributed by atoms with van der Waals surface area (Å²) in [6.07, 6.45) is 2.25. The van der Waals surface area contributed by atoms with Gasteiger partial charge in [0.15, 0.2) is 0 Å². The molecular weight excluding hydrogens is 206 g/mol. The molecule has 0 aromatic carbocycles. The molecule has 2 aliphatic heterocycles. The smallest absolute Gasteiger partial charge is 0.242 e. The van der Waals surface area contributed by atoms with Crippen LogP contribution in [0.4, 0.5) is 0 Å². The van der Waals surface area contributed by atoms with Crippen molar-refractivity contribution in [3.8, 4) is 0 Å². The summed E-state index contributed by atoms with van der Waals surface area (Å²) in [7, 11) is 1.96. The van der Waals surface area contributed by atoms with Gasteiger partial charge in [0.05, 0.1) is 13.2 Å². The van der Waals surface area contributed by atoms with Crippen LogP contribution < -0.4 is 10.6 Å². The second kappa shape index (κ2) is 5.61. The van der Waals surface area contributed by atoms with Crippen LogP contribution in [0.3, 0.4) is 0 Å². The minimum Gasteiger partial charge on any atom is -0.378 e. The predicted octanol–water partition coefficient (Wildman–Crippen LogP) is -0.815. The third-order valence-electron chi connectivity index (χ3n) is 3.36. The van der Waals surface area contributed by atoms with Crippen LogP contribution in [-0.2, 0) is 9.53 Å². The van der Waals surface area contributed by atoms with Crippen LogP contribution in [0.15, 0.2) is 0 Å². The maximum Gasteiger partial charge on any atom is 0.242 e. The van der Waals surface area contributed by atoms with Gasteiger partial charge in [0, 0.05) is 25.7 Å². The van der Waals surface area contributed by atoms with Crippen LogP contribution in [0.1, 0.15) is 12.8 Å². The van der Waals surface area contributed by atoms with E-state index in [1.165, 1.54) is 0 Å². The number of morpholine rings is 1. The number of nitrogens with one attached hydrogen (secondary N) is 2. The zero-order valence-electron chi connectivity index (χ0n) is 9.87. The van der Waals surface area contributed by atoms with Crippen molar-refractivity contribution < 1.29 is 9.53 Å². The molecule has 1 amide bonds. The average molecular weight is 227 g/mol. The molecule has 2 rings (SSSR count). The van der Waals surface area contributed by atoms with Crippen molar-refractivity contribution in [3.05, 3.63) is 0 Å². The number of nitrogens with zero attached hydrogens (tertiary/aromatic N) is 1. The first kappa shape index (κ1) is 11.8. The molecule has 0 aliphatic carbocycles. The Labute approximate surface area is 96.5 Å². The van der Waals surface area contributed by atoms with E-state index in [1.807, 2.05) is 11.9 Å². The van der Waals surface area contributed by atoms with Crippen molar-refractivity contribution in [3.63, 3.8) is 0 Å². The van der Waals surface area contributed by atoms with Crippen molar-refractivity contribution in [2.45, 2.75) is 24.9 Å². The quantitative estimate of drug-likeness (QED) is 0.647. The lowest BCUT2D eigenvalue weighted by molar-refractivity contribution is -0.137. The first-order valence-corrected chi connectivity index (χ1v) is 6.08. The van der Waals surface area contributed by atoms with E-state index >= 15 is 0 Å². The summed E-state index contributed by atoms with van der Waals surface area (Å²) in [4.78, 5) is 14.1. The van der Waals surface area contributed by atoms with E-state index in [0.29, 0.717) is 19.3 Å². The molecular formula is C11H21N3O2. The normalized spacial score (nSPS) is 31.4. The minimum absolute atomic E-state index is 0.135. The predicted molar refractivity (Wildman–Crippen MR) is 61.3 cm³/mol. The van der Waals surface area contributed by atoms with Crippen molar-refractivity contribution in [1.82, 2.24) is 15.5 Å². The second-order valence-corrected chi connectivity index (χ2v) is 4.49. The Bertz CT molecular complexity index is 241. The number of likely N-dealkylation sites (N-methyl/N-ethyl adjacent to an activating group) is 1. The van der Waals surface area contributed by atoms with Crippen LogP contribution in [0.25, 0.3) is 0 Å². The first-order chi connectivity index (χ1) is 7.81. The molecule has 0 spiro atoms. The summed E-state index contributed by atoms with van der Waals surface area (Å²) >= 11 is 0. The minimum atomic E-state index is -0.135. The summed E-state index contributed by atoms with van der Waals surface area (Å²) in [6, 6.07) is 0.312. The molecule has 0 radical (unpaired) electrons. The lowest BCUT2D eigenvalue weighted by atomic mass is 10.0. The van der Waals surface area contributed by atoms with Gasteiger partial charge in [-0.05, 0) is 19.9 Å². The number of ether oxygens (including phenoxy) is 1. The van der Waals surface area contributed by atoms with Gasteiger partial charge < -0.3 is 20.3 Å². The molecule has 0 bridgehead atoms. The Hall–Kier alpha value is -0.650. The molecule has 2 saturated heterocycles. The van der Waals surface area contributed by atoms with Crippen molar-refractivity contribution >= 4 is 5.91 Å². The van der Waals surface area contributed by atoms with Gasteiger partial charge in [-0.2, -0.15) is 0 Å². The molecule has 5 heteroatoms. The lowest BCUT2D eigenvalue weighted by Gasteiger charge is -2.35. The highest BCUT2D eigenvalue weighted by Crippen LogP contribution is 2.11. The summed E-state index contributed by atoms with van der Waals surface area (Å²) in [6.45, 7) is 3.71.